The van der Waals surface area contributed by atoms with Gasteiger partial charge in [0.1, 0.15) is 0 Å². The average Bonchev–Trinajstić information content (AvgIpc) is 2.27. The topological polar surface area (TPSA) is 52.6 Å². The summed E-state index contributed by atoms with van der Waals surface area (Å²) in [5, 5.41) is 0.239. The first-order valence-corrected chi connectivity index (χ1v) is 5.66. The van der Waals surface area contributed by atoms with E-state index in [1.165, 1.54) is 20.1 Å². The summed E-state index contributed by atoms with van der Waals surface area (Å²) >= 11 is 3.08. The van der Waals surface area contributed by atoms with Crippen molar-refractivity contribution in [3.05, 3.63) is 23.8 Å². The number of rotatable bonds is 4. The molecule has 0 aliphatic rings. The quantitative estimate of drug-likeness (QED) is 0.369. The standard InChI is InChI=1S/C11H11BrO4/c1-7(13)16-10-4-3-8(9(14)6-12)5-11(10)15-2/h3-5H,6H2,1-2H3. The number of carbonyl (C=O) groups is 2. The van der Waals surface area contributed by atoms with Crippen LogP contribution in [0.3, 0.4) is 0 Å². The Morgan fingerprint density at radius 1 is 1.31 bits per heavy atom. The van der Waals surface area contributed by atoms with E-state index in [1.54, 1.807) is 12.1 Å². The van der Waals surface area contributed by atoms with Crippen molar-refractivity contribution in [1.29, 1.82) is 0 Å². The average molecular weight is 287 g/mol. The Kier molecular flexibility index (Phi) is 4.49. The number of ketones is 1. The molecule has 1 rings (SSSR count). The molecule has 0 heterocycles. The molecule has 16 heavy (non-hydrogen) atoms. The fourth-order valence-corrected chi connectivity index (χ4v) is 1.48. The third-order valence-corrected chi connectivity index (χ3v) is 2.37. The third-order valence-electron chi connectivity index (χ3n) is 1.86. The van der Waals surface area contributed by atoms with Crippen LogP contribution in [-0.2, 0) is 4.79 Å². The van der Waals surface area contributed by atoms with Crippen molar-refractivity contribution in [1.82, 2.24) is 0 Å². The van der Waals surface area contributed by atoms with Gasteiger partial charge in [0.2, 0.25) is 0 Å². The van der Waals surface area contributed by atoms with Crippen molar-refractivity contribution in [3.8, 4) is 11.5 Å². The molecule has 1 aromatic carbocycles. The summed E-state index contributed by atoms with van der Waals surface area (Å²) in [5.41, 5.74) is 0.504. The number of methoxy groups -OCH3 is 1. The van der Waals surface area contributed by atoms with Crippen LogP contribution in [0.2, 0.25) is 0 Å². The number of Topliss-reactive ketones (excluding diaryl/α,β-unsaturated/α-hetero) is 1. The number of halogens is 1. The minimum absolute atomic E-state index is 0.0623. The van der Waals surface area contributed by atoms with Crippen molar-refractivity contribution in [2.24, 2.45) is 0 Å². The van der Waals surface area contributed by atoms with E-state index < -0.39 is 5.97 Å². The van der Waals surface area contributed by atoms with Gasteiger partial charge in [0.25, 0.3) is 0 Å². The predicted molar refractivity (Wildman–Crippen MR) is 62.4 cm³/mol. The van der Waals surface area contributed by atoms with Crippen LogP contribution in [0.25, 0.3) is 0 Å². The second-order valence-electron chi connectivity index (χ2n) is 3.02. The highest BCUT2D eigenvalue weighted by Crippen LogP contribution is 2.28. The fourth-order valence-electron chi connectivity index (χ4n) is 1.16. The summed E-state index contributed by atoms with van der Waals surface area (Å²) in [4.78, 5) is 22.2. The van der Waals surface area contributed by atoms with Gasteiger partial charge in [-0.15, -0.1) is 0 Å². The molecule has 1 aromatic rings. The van der Waals surface area contributed by atoms with Gasteiger partial charge >= 0.3 is 5.97 Å². The minimum atomic E-state index is -0.433. The monoisotopic (exact) mass is 286 g/mol. The van der Waals surface area contributed by atoms with Gasteiger partial charge in [0.05, 0.1) is 12.4 Å². The van der Waals surface area contributed by atoms with Gasteiger partial charge in [-0.2, -0.15) is 0 Å². The molecule has 5 heteroatoms. The van der Waals surface area contributed by atoms with Crippen LogP contribution in [0, 0.1) is 0 Å². The van der Waals surface area contributed by atoms with E-state index in [1.807, 2.05) is 0 Å². The molecular weight excluding hydrogens is 276 g/mol. The summed E-state index contributed by atoms with van der Waals surface area (Å²) in [6, 6.07) is 4.67. The molecule has 0 aliphatic carbocycles. The van der Waals surface area contributed by atoms with Gasteiger partial charge in [0, 0.05) is 12.5 Å². The van der Waals surface area contributed by atoms with Gasteiger partial charge in [-0.3, -0.25) is 9.59 Å². The molecule has 0 amide bonds. The third kappa shape index (κ3) is 3.06. The van der Waals surface area contributed by atoms with Crippen molar-refractivity contribution in [2.45, 2.75) is 6.92 Å². The number of carbonyl (C=O) groups excluding carboxylic acids is 2. The highest BCUT2D eigenvalue weighted by molar-refractivity contribution is 9.09. The molecule has 0 atom stereocenters. The first kappa shape index (κ1) is 12.7. The number of benzene rings is 1. The van der Waals surface area contributed by atoms with Crippen LogP contribution in [0.15, 0.2) is 18.2 Å². The lowest BCUT2D eigenvalue weighted by Gasteiger charge is -2.08. The maximum absolute atomic E-state index is 11.4. The van der Waals surface area contributed by atoms with Gasteiger partial charge in [-0.05, 0) is 18.2 Å². The van der Waals surface area contributed by atoms with Crippen molar-refractivity contribution < 1.29 is 19.1 Å². The molecule has 0 aromatic heterocycles. The minimum Gasteiger partial charge on any atom is -0.493 e. The summed E-state index contributed by atoms with van der Waals surface area (Å²) in [7, 11) is 1.45. The predicted octanol–water partition coefficient (Wildman–Crippen LogP) is 2.20. The zero-order valence-corrected chi connectivity index (χ0v) is 10.5. The summed E-state index contributed by atoms with van der Waals surface area (Å²) in [5.74, 6) is 0.175. The zero-order chi connectivity index (χ0) is 12.1. The molecule has 0 radical (unpaired) electrons. The van der Waals surface area contributed by atoms with E-state index in [4.69, 9.17) is 9.47 Å². The van der Waals surface area contributed by atoms with Crippen LogP contribution in [-0.4, -0.2) is 24.2 Å². The Labute approximate surface area is 102 Å². The van der Waals surface area contributed by atoms with Crippen molar-refractivity contribution in [3.63, 3.8) is 0 Å². The Bertz CT molecular complexity index is 414. The van der Waals surface area contributed by atoms with Gasteiger partial charge < -0.3 is 9.47 Å². The number of hydrogen-bond donors (Lipinski definition) is 0. The molecule has 0 spiro atoms. The Morgan fingerprint density at radius 3 is 2.50 bits per heavy atom. The van der Waals surface area contributed by atoms with Crippen LogP contribution in [0.1, 0.15) is 17.3 Å². The van der Waals surface area contributed by atoms with E-state index >= 15 is 0 Å². The molecule has 0 saturated heterocycles. The summed E-state index contributed by atoms with van der Waals surface area (Å²) in [6.07, 6.45) is 0. The zero-order valence-electron chi connectivity index (χ0n) is 8.95. The summed E-state index contributed by atoms with van der Waals surface area (Å²) < 4.78 is 9.95. The molecule has 4 nitrogen and oxygen atoms in total. The van der Waals surface area contributed by atoms with Crippen LogP contribution in [0.5, 0.6) is 11.5 Å². The fraction of sp³-hybridized carbons (Fsp3) is 0.273. The van der Waals surface area contributed by atoms with Crippen LogP contribution in [0.4, 0.5) is 0 Å². The van der Waals surface area contributed by atoms with E-state index in [-0.39, 0.29) is 11.1 Å². The van der Waals surface area contributed by atoms with Gasteiger partial charge in [-0.25, -0.2) is 0 Å². The Hall–Kier alpha value is -1.36. The highest BCUT2D eigenvalue weighted by Gasteiger charge is 2.11. The highest BCUT2D eigenvalue weighted by atomic mass is 79.9. The lowest BCUT2D eigenvalue weighted by atomic mass is 10.1. The largest absolute Gasteiger partial charge is 0.493 e. The lowest BCUT2D eigenvalue weighted by molar-refractivity contribution is -0.132. The van der Waals surface area contributed by atoms with Gasteiger partial charge in [0.15, 0.2) is 17.3 Å². The maximum atomic E-state index is 11.4. The maximum Gasteiger partial charge on any atom is 0.308 e. The van der Waals surface area contributed by atoms with E-state index in [0.29, 0.717) is 17.1 Å². The van der Waals surface area contributed by atoms with E-state index in [2.05, 4.69) is 15.9 Å². The van der Waals surface area contributed by atoms with E-state index in [9.17, 15) is 9.59 Å². The second kappa shape index (κ2) is 5.65. The van der Waals surface area contributed by atoms with E-state index in [0.717, 1.165) is 0 Å². The number of hydrogen-bond acceptors (Lipinski definition) is 4. The smallest absolute Gasteiger partial charge is 0.308 e. The van der Waals surface area contributed by atoms with Crippen LogP contribution >= 0.6 is 15.9 Å². The van der Waals surface area contributed by atoms with Crippen LogP contribution < -0.4 is 9.47 Å². The number of esters is 1. The molecule has 0 unspecified atom stereocenters. The second-order valence-corrected chi connectivity index (χ2v) is 3.58. The lowest BCUT2D eigenvalue weighted by Crippen LogP contribution is -2.05. The first-order valence-electron chi connectivity index (χ1n) is 4.54. The van der Waals surface area contributed by atoms with Gasteiger partial charge in [-0.1, -0.05) is 15.9 Å². The SMILES string of the molecule is COc1cc(C(=O)CBr)ccc1OC(C)=O. The normalized spacial score (nSPS) is 9.69. The number of alkyl halides is 1. The molecule has 0 N–H and O–H groups in total. The molecular formula is C11H11BrO4. The molecule has 0 fully saturated rings. The molecule has 86 valence electrons. The summed E-state index contributed by atoms with van der Waals surface area (Å²) in [6.45, 7) is 1.30. The molecule has 0 aliphatic heterocycles. The van der Waals surface area contributed by atoms with Crippen molar-refractivity contribution >= 4 is 27.7 Å². The molecule has 0 saturated carbocycles. The molecule has 0 bridgehead atoms. The first-order chi connectivity index (χ1) is 7.58. The Morgan fingerprint density at radius 2 is 2.00 bits per heavy atom. The van der Waals surface area contributed by atoms with Crippen molar-refractivity contribution in [2.75, 3.05) is 12.4 Å². The Balaban J connectivity index is 3.06. The number of ether oxygens (including phenoxy) is 2.